The first-order valence-corrected chi connectivity index (χ1v) is 9.85. The molecule has 7 nitrogen and oxygen atoms in total. The Morgan fingerprint density at radius 3 is 2.70 bits per heavy atom. The fourth-order valence-electron chi connectivity index (χ4n) is 3.34. The topological polar surface area (TPSA) is 88.5 Å². The summed E-state index contributed by atoms with van der Waals surface area (Å²) in [5, 5.41) is 12.4. The van der Waals surface area contributed by atoms with E-state index in [1.807, 2.05) is 30.3 Å². The number of halogens is 2. The summed E-state index contributed by atoms with van der Waals surface area (Å²) < 4.78 is 1.56. The maximum atomic E-state index is 13.2. The number of aromatic amines is 1. The molecule has 0 unspecified atom stereocenters. The summed E-state index contributed by atoms with van der Waals surface area (Å²) in [6, 6.07) is 14.6. The van der Waals surface area contributed by atoms with Gasteiger partial charge in [0, 0.05) is 22.8 Å². The molecule has 0 radical (unpaired) electrons. The molecule has 0 aliphatic heterocycles. The molecular weight excluding hydrogens is 423 g/mol. The van der Waals surface area contributed by atoms with Crippen molar-refractivity contribution in [3.05, 3.63) is 86.9 Å². The molecule has 3 heterocycles. The summed E-state index contributed by atoms with van der Waals surface area (Å²) >= 11 is 12.3. The standard InChI is InChI=1S/C21H14Cl2N6O/c22-13-6-7-17(23)12(8-13)9-24-21-25-10-15-18-16(11-26-28-18)20(30)29(19(15)27-21)14-4-2-1-3-5-14/h1-8,10-11H,9H2,(H,26,28)(H,24,25,27). The van der Waals surface area contributed by atoms with Crippen molar-refractivity contribution < 1.29 is 0 Å². The highest BCUT2D eigenvalue weighted by Gasteiger charge is 2.16. The van der Waals surface area contributed by atoms with Crippen LogP contribution in [-0.2, 0) is 6.54 Å². The second-order valence-electron chi connectivity index (χ2n) is 6.65. The van der Waals surface area contributed by atoms with E-state index in [9.17, 15) is 4.79 Å². The highest BCUT2D eigenvalue weighted by Crippen LogP contribution is 2.24. The third-order valence-electron chi connectivity index (χ3n) is 4.78. The number of pyridine rings is 1. The number of nitrogens with one attached hydrogen (secondary N) is 2. The van der Waals surface area contributed by atoms with E-state index in [4.69, 9.17) is 23.2 Å². The van der Waals surface area contributed by atoms with Crippen LogP contribution in [-0.4, -0.2) is 24.7 Å². The van der Waals surface area contributed by atoms with Crippen molar-refractivity contribution in [2.45, 2.75) is 6.54 Å². The van der Waals surface area contributed by atoms with Crippen LogP contribution in [0.1, 0.15) is 5.56 Å². The molecule has 0 aliphatic rings. The predicted molar refractivity (Wildman–Crippen MR) is 119 cm³/mol. The van der Waals surface area contributed by atoms with Crippen LogP contribution in [0, 0.1) is 0 Å². The average molecular weight is 437 g/mol. The number of hydrogen-bond acceptors (Lipinski definition) is 5. The lowest BCUT2D eigenvalue weighted by atomic mass is 10.2. The average Bonchev–Trinajstić information content (AvgIpc) is 3.26. The molecule has 0 bridgehead atoms. The minimum Gasteiger partial charge on any atom is -0.350 e. The number of benzene rings is 2. The van der Waals surface area contributed by atoms with Crippen molar-refractivity contribution in [1.82, 2.24) is 24.7 Å². The molecule has 9 heteroatoms. The van der Waals surface area contributed by atoms with Crippen molar-refractivity contribution >= 4 is 51.1 Å². The Hall–Kier alpha value is -3.42. The Kier molecular flexibility index (Phi) is 4.61. The Labute approximate surface area is 180 Å². The predicted octanol–water partition coefficient (Wildman–Crippen LogP) is 4.58. The van der Waals surface area contributed by atoms with E-state index in [-0.39, 0.29) is 5.56 Å². The number of para-hydroxylation sites is 1. The monoisotopic (exact) mass is 436 g/mol. The minimum absolute atomic E-state index is 0.208. The van der Waals surface area contributed by atoms with Crippen LogP contribution >= 0.6 is 23.2 Å². The summed E-state index contributed by atoms with van der Waals surface area (Å²) in [6.45, 7) is 0.382. The zero-order valence-electron chi connectivity index (χ0n) is 15.4. The Morgan fingerprint density at radius 2 is 1.87 bits per heavy atom. The summed E-state index contributed by atoms with van der Waals surface area (Å²) in [6.07, 6.45) is 3.19. The third-order valence-corrected chi connectivity index (χ3v) is 5.39. The number of nitrogens with zero attached hydrogens (tertiary/aromatic N) is 4. The lowest BCUT2D eigenvalue weighted by Crippen LogP contribution is -2.20. The van der Waals surface area contributed by atoms with Gasteiger partial charge in [-0.3, -0.25) is 14.5 Å². The zero-order chi connectivity index (χ0) is 20.7. The van der Waals surface area contributed by atoms with Gasteiger partial charge in [0.15, 0.2) is 5.65 Å². The molecule has 2 N–H and O–H groups in total. The van der Waals surface area contributed by atoms with Crippen molar-refractivity contribution in [3.8, 4) is 5.69 Å². The second-order valence-corrected chi connectivity index (χ2v) is 7.50. The smallest absolute Gasteiger partial charge is 0.267 e. The third kappa shape index (κ3) is 3.18. The van der Waals surface area contributed by atoms with Gasteiger partial charge in [-0.25, -0.2) is 4.98 Å². The number of fused-ring (bicyclic) bond motifs is 3. The van der Waals surface area contributed by atoms with Crippen molar-refractivity contribution in [2.75, 3.05) is 5.32 Å². The van der Waals surface area contributed by atoms with Crippen LogP contribution in [0.3, 0.4) is 0 Å². The normalized spacial score (nSPS) is 11.3. The Balaban J connectivity index is 1.65. The first-order chi connectivity index (χ1) is 14.6. The van der Waals surface area contributed by atoms with Gasteiger partial charge >= 0.3 is 0 Å². The van der Waals surface area contributed by atoms with Gasteiger partial charge in [-0.05, 0) is 35.9 Å². The summed E-state index contributed by atoms with van der Waals surface area (Å²) in [5.74, 6) is 0.362. The van der Waals surface area contributed by atoms with Crippen LogP contribution in [0.2, 0.25) is 10.0 Å². The van der Waals surface area contributed by atoms with Gasteiger partial charge in [0.05, 0.1) is 28.2 Å². The first kappa shape index (κ1) is 18.6. The Bertz CT molecular complexity index is 1450. The van der Waals surface area contributed by atoms with E-state index in [2.05, 4.69) is 25.5 Å². The molecular formula is C21H14Cl2N6O. The highest BCUT2D eigenvalue weighted by atomic mass is 35.5. The SMILES string of the molecule is O=c1c2cn[nH]c2c2cnc(NCc3cc(Cl)ccc3Cl)nc2n1-c1ccccc1. The molecule has 0 aliphatic carbocycles. The largest absolute Gasteiger partial charge is 0.350 e. The van der Waals surface area contributed by atoms with Crippen LogP contribution in [0.5, 0.6) is 0 Å². The van der Waals surface area contributed by atoms with E-state index < -0.39 is 0 Å². The molecule has 0 fully saturated rings. The molecule has 5 aromatic rings. The molecule has 0 saturated carbocycles. The summed E-state index contributed by atoms with van der Waals surface area (Å²) in [4.78, 5) is 22.2. The van der Waals surface area contributed by atoms with Gasteiger partial charge in [-0.1, -0.05) is 41.4 Å². The number of hydrogen-bond donors (Lipinski definition) is 2. The minimum atomic E-state index is -0.208. The molecule has 0 amide bonds. The fraction of sp³-hybridized carbons (Fsp3) is 0.0476. The van der Waals surface area contributed by atoms with E-state index in [1.165, 1.54) is 6.20 Å². The van der Waals surface area contributed by atoms with Gasteiger partial charge in [-0.2, -0.15) is 10.1 Å². The van der Waals surface area contributed by atoms with Gasteiger partial charge < -0.3 is 5.32 Å². The van der Waals surface area contributed by atoms with E-state index in [1.54, 1.807) is 29.0 Å². The zero-order valence-corrected chi connectivity index (χ0v) is 16.9. The molecule has 5 rings (SSSR count). The molecule has 0 saturated heterocycles. The number of aromatic nitrogens is 5. The van der Waals surface area contributed by atoms with Gasteiger partial charge in [0.1, 0.15) is 0 Å². The van der Waals surface area contributed by atoms with E-state index in [0.717, 1.165) is 5.56 Å². The van der Waals surface area contributed by atoms with Crippen LogP contribution in [0.15, 0.2) is 65.7 Å². The van der Waals surface area contributed by atoms with Crippen LogP contribution < -0.4 is 10.9 Å². The number of anilines is 1. The quantitative estimate of drug-likeness (QED) is 0.430. The molecule has 2 aromatic carbocycles. The molecule has 30 heavy (non-hydrogen) atoms. The fourth-order valence-corrected chi connectivity index (χ4v) is 3.72. The molecule has 148 valence electrons. The number of H-pyrrole nitrogens is 1. The van der Waals surface area contributed by atoms with E-state index >= 15 is 0 Å². The molecule has 0 atom stereocenters. The maximum Gasteiger partial charge on any atom is 0.267 e. The van der Waals surface area contributed by atoms with Crippen molar-refractivity contribution in [2.24, 2.45) is 0 Å². The first-order valence-electron chi connectivity index (χ1n) is 9.10. The van der Waals surface area contributed by atoms with E-state index in [0.29, 0.717) is 50.2 Å². The van der Waals surface area contributed by atoms with Crippen molar-refractivity contribution in [1.29, 1.82) is 0 Å². The van der Waals surface area contributed by atoms with Gasteiger partial charge in [0.2, 0.25) is 5.95 Å². The number of rotatable bonds is 4. The Morgan fingerprint density at radius 1 is 1.03 bits per heavy atom. The lowest BCUT2D eigenvalue weighted by Gasteiger charge is -2.12. The van der Waals surface area contributed by atoms with Crippen LogP contribution in [0.25, 0.3) is 27.6 Å². The van der Waals surface area contributed by atoms with Gasteiger partial charge in [-0.15, -0.1) is 0 Å². The lowest BCUT2D eigenvalue weighted by molar-refractivity contribution is 1.00. The molecule has 0 spiro atoms. The van der Waals surface area contributed by atoms with Crippen LogP contribution in [0.4, 0.5) is 5.95 Å². The summed E-state index contributed by atoms with van der Waals surface area (Å²) in [5.41, 5.74) is 2.39. The summed E-state index contributed by atoms with van der Waals surface area (Å²) in [7, 11) is 0. The van der Waals surface area contributed by atoms with Crippen molar-refractivity contribution in [3.63, 3.8) is 0 Å². The second kappa shape index (κ2) is 7.44. The van der Waals surface area contributed by atoms with Gasteiger partial charge in [0.25, 0.3) is 5.56 Å². The molecule has 3 aromatic heterocycles. The maximum absolute atomic E-state index is 13.2. The highest BCUT2D eigenvalue weighted by molar-refractivity contribution is 6.33.